The minimum Gasteiger partial charge on any atom is -0.379 e. The summed E-state index contributed by atoms with van der Waals surface area (Å²) in [7, 11) is 0. The monoisotopic (exact) mass is 383 g/mol. The molecule has 0 spiro atoms. The van der Waals surface area contributed by atoms with Crippen molar-refractivity contribution in [3.05, 3.63) is 0 Å². The Morgan fingerprint density at radius 1 is 0.889 bits per heavy atom. The predicted molar refractivity (Wildman–Crippen MR) is 118 cm³/mol. The number of hydrogen-bond acceptors (Lipinski definition) is 3. The molecule has 0 aliphatic rings. The molecule has 27 heavy (non-hydrogen) atoms. The lowest BCUT2D eigenvalue weighted by Gasteiger charge is -2.47. The van der Waals surface area contributed by atoms with Gasteiger partial charge in [0.15, 0.2) is 5.78 Å². The van der Waals surface area contributed by atoms with E-state index in [0.29, 0.717) is 18.3 Å². The first-order valence-electron chi connectivity index (χ1n) is 10.9. The third-order valence-electron chi connectivity index (χ3n) is 5.85. The van der Waals surface area contributed by atoms with Crippen LogP contribution in [0.2, 0.25) is 0 Å². The maximum Gasteiger partial charge on any atom is 0.152 e. The van der Waals surface area contributed by atoms with Crippen LogP contribution in [-0.2, 0) is 9.53 Å². The quantitative estimate of drug-likeness (QED) is 0.396. The van der Waals surface area contributed by atoms with Crippen molar-refractivity contribution in [3.63, 3.8) is 0 Å². The second-order valence-corrected chi connectivity index (χ2v) is 11.7. The van der Waals surface area contributed by atoms with E-state index in [2.05, 4.69) is 67.6 Å². The molecule has 162 valence electrons. The second kappa shape index (κ2) is 10.4. The zero-order valence-corrected chi connectivity index (χ0v) is 20.3. The number of rotatable bonds is 12. The fraction of sp³-hybridized carbons (Fsp3) is 0.958. The summed E-state index contributed by atoms with van der Waals surface area (Å²) in [5, 5.41) is 3.62. The van der Waals surface area contributed by atoms with Gasteiger partial charge in [-0.3, -0.25) is 4.79 Å². The molecule has 0 bridgehead atoms. The zero-order valence-electron chi connectivity index (χ0n) is 20.3. The van der Waals surface area contributed by atoms with Crippen molar-refractivity contribution < 1.29 is 9.53 Å². The molecule has 0 radical (unpaired) electrons. The van der Waals surface area contributed by atoms with Crippen LogP contribution in [0, 0.1) is 16.2 Å². The van der Waals surface area contributed by atoms with Gasteiger partial charge in [-0.15, -0.1) is 0 Å². The Hall–Kier alpha value is -0.410. The smallest absolute Gasteiger partial charge is 0.152 e. The third kappa shape index (κ3) is 10.6. The summed E-state index contributed by atoms with van der Waals surface area (Å²) < 4.78 is 5.57. The minimum atomic E-state index is -0.473. The summed E-state index contributed by atoms with van der Waals surface area (Å²) in [5.74, 6) is 0.319. The van der Waals surface area contributed by atoms with Crippen molar-refractivity contribution in [1.29, 1.82) is 0 Å². The summed E-state index contributed by atoms with van der Waals surface area (Å²) in [6.45, 7) is 26.1. The molecule has 0 saturated carbocycles. The van der Waals surface area contributed by atoms with Crippen LogP contribution < -0.4 is 5.32 Å². The van der Waals surface area contributed by atoms with Gasteiger partial charge in [-0.05, 0) is 63.2 Å². The Morgan fingerprint density at radius 2 is 1.44 bits per heavy atom. The molecular weight excluding hydrogens is 334 g/mol. The molecule has 0 fully saturated rings. The highest BCUT2D eigenvalue weighted by atomic mass is 16.5. The van der Waals surface area contributed by atoms with E-state index in [1.54, 1.807) is 0 Å². The molecule has 0 heterocycles. The molecule has 0 aromatic heterocycles. The normalized spacial score (nSPS) is 15.9. The van der Waals surface area contributed by atoms with Gasteiger partial charge < -0.3 is 10.1 Å². The number of carbonyl (C=O) groups is 1. The maximum atomic E-state index is 12.8. The Kier molecular flexibility index (Phi) is 10.2. The summed E-state index contributed by atoms with van der Waals surface area (Å²) in [6.07, 6.45) is 5.10. The first-order valence-corrected chi connectivity index (χ1v) is 10.9. The number of ketones is 1. The Balaban J connectivity index is 4.62. The Bertz CT molecular complexity index is 440. The van der Waals surface area contributed by atoms with Gasteiger partial charge in [0, 0.05) is 19.6 Å². The SMILES string of the molecule is CC(C)OCCCCCC(=O)C(C)(C)NCC(C)(CC(C)(C)C)C(C)(C)C. The molecular formula is C24H49NO2. The van der Waals surface area contributed by atoms with E-state index in [-0.39, 0.29) is 16.2 Å². The highest BCUT2D eigenvalue weighted by molar-refractivity contribution is 5.87. The van der Waals surface area contributed by atoms with Crippen LogP contribution in [0.3, 0.4) is 0 Å². The highest BCUT2D eigenvalue weighted by Crippen LogP contribution is 2.46. The lowest BCUT2D eigenvalue weighted by Crippen LogP contribution is -2.53. The number of nitrogens with one attached hydrogen (secondary N) is 1. The molecule has 0 amide bonds. The molecule has 1 N–H and O–H groups in total. The number of Topliss-reactive ketones (excluding diaryl/α,β-unsaturated/α-hetero) is 1. The first-order chi connectivity index (χ1) is 12.0. The number of unbranched alkanes of at least 4 members (excludes halogenated alkanes) is 2. The zero-order chi connectivity index (χ0) is 21.5. The predicted octanol–water partition coefficient (Wildman–Crippen LogP) is 6.40. The van der Waals surface area contributed by atoms with Gasteiger partial charge in [-0.2, -0.15) is 0 Å². The van der Waals surface area contributed by atoms with E-state index in [1.807, 2.05) is 13.8 Å². The molecule has 0 aliphatic heterocycles. The largest absolute Gasteiger partial charge is 0.379 e. The lowest BCUT2D eigenvalue weighted by molar-refractivity contribution is -0.124. The van der Waals surface area contributed by atoms with E-state index < -0.39 is 5.54 Å². The molecule has 1 atom stereocenters. The summed E-state index contributed by atoms with van der Waals surface area (Å²) in [5.41, 5.74) is 0.0779. The van der Waals surface area contributed by atoms with Crippen LogP contribution in [0.4, 0.5) is 0 Å². The van der Waals surface area contributed by atoms with Crippen LogP contribution in [0.25, 0.3) is 0 Å². The van der Waals surface area contributed by atoms with Gasteiger partial charge in [0.2, 0.25) is 0 Å². The van der Waals surface area contributed by atoms with Crippen molar-refractivity contribution in [1.82, 2.24) is 5.32 Å². The van der Waals surface area contributed by atoms with Crippen molar-refractivity contribution in [2.24, 2.45) is 16.2 Å². The topological polar surface area (TPSA) is 38.3 Å². The third-order valence-corrected chi connectivity index (χ3v) is 5.85. The van der Waals surface area contributed by atoms with Gasteiger partial charge >= 0.3 is 0 Å². The van der Waals surface area contributed by atoms with Gasteiger partial charge in [0.05, 0.1) is 11.6 Å². The molecule has 0 aromatic carbocycles. The minimum absolute atomic E-state index is 0.122. The van der Waals surface area contributed by atoms with Crippen LogP contribution in [0.5, 0.6) is 0 Å². The van der Waals surface area contributed by atoms with Gasteiger partial charge in [-0.1, -0.05) is 54.9 Å². The summed E-state index contributed by atoms with van der Waals surface area (Å²) in [6, 6.07) is 0. The van der Waals surface area contributed by atoms with Gasteiger partial charge in [0.1, 0.15) is 0 Å². The first kappa shape index (κ1) is 26.6. The standard InChI is InChI=1S/C24H49NO2/c1-19(2)27-16-14-12-13-15-20(26)23(9,10)25-18-24(11,22(6,7)8)17-21(3,4)5/h19,25H,12-18H2,1-11H3. The summed E-state index contributed by atoms with van der Waals surface area (Å²) >= 11 is 0. The Labute approximate surface area is 170 Å². The van der Waals surface area contributed by atoms with Crippen molar-refractivity contribution in [3.8, 4) is 0 Å². The molecule has 0 aromatic rings. The number of hydrogen-bond donors (Lipinski definition) is 1. The molecule has 0 aliphatic carbocycles. The fourth-order valence-electron chi connectivity index (χ4n) is 3.47. The molecule has 3 nitrogen and oxygen atoms in total. The lowest BCUT2D eigenvalue weighted by atomic mass is 9.61. The number of carbonyl (C=O) groups excluding carboxylic acids is 1. The average molecular weight is 384 g/mol. The average Bonchev–Trinajstić information content (AvgIpc) is 2.45. The van der Waals surface area contributed by atoms with Crippen molar-refractivity contribution >= 4 is 5.78 Å². The molecule has 3 heteroatoms. The van der Waals surface area contributed by atoms with Crippen LogP contribution >= 0.6 is 0 Å². The summed E-state index contributed by atoms with van der Waals surface area (Å²) in [4.78, 5) is 12.8. The molecule has 0 rings (SSSR count). The van der Waals surface area contributed by atoms with E-state index in [9.17, 15) is 4.79 Å². The van der Waals surface area contributed by atoms with Gasteiger partial charge in [-0.25, -0.2) is 0 Å². The van der Waals surface area contributed by atoms with Crippen LogP contribution in [0.1, 0.15) is 108 Å². The fourth-order valence-corrected chi connectivity index (χ4v) is 3.47. The van der Waals surface area contributed by atoms with E-state index in [4.69, 9.17) is 4.74 Å². The van der Waals surface area contributed by atoms with E-state index >= 15 is 0 Å². The Morgan fingerprint density at radius 3 is 1.89 bits per heavy atom. The maximum absolute atomic E-state index is 12.8. The highest BCUT2D eigenvalue weighted by Gasteiger charge is 2.41. The van der Waals surface area contributed by atoms with Crippen LogP contribution in [0.15, 0.2) is 0 Å². The number of ether oxygens (including phenoxy) is 1. The van der Waals surface area contributed by atoms with Gasteiger partial charge in [0.25, 0.3) is 0 Å². The molecule has 0 saturated heterocycles. The molecule has 1 unspecified atom stereocenters. The second-order valence-electron chi connectivity index (χ2n) is 11.7. The van der Waals surface area contributed by atoms with E-state index in [0.717, 1.165) is 38.8 Å². The van der Waals surface area contributed by atoms with E-state index in [1.165, 1.54) is 0 Å². The van der Waals surface area contributed by atoms with Crippen molar-refractivity contribution in [2.75, 3.05) is 13.2 Å². The van der Waals surface area contributed by atoms with Crippen molar-refractivity contribution in [2.45, 2.75) is 120 Å². The van der Waals surface area contributed by atoms with Crippen LogP contribution in [-0.4, -0.2) is 30.6 Å².